The van der Waals surface area contributed by atoms with E-state index in [1.807, 2.05) is 54.6 Å². The molecule has 7 nitrogen and oxygen atoms in total. The van der Waals surface area contributed by atoms with Gasteiger partial charge in [-0.05, 0) is 65.6 Å². The summed E-state index contributed by atoms with van der Waals surface area (Å²) >= 11 is 0. The number of anilines is 1. The van der Waals surface area contributed by atoms with Gasteiger partial charge in [-0.1, -0.05) is 36.4 Å². The Morgan fingerprint density at radius 3 is 2.55 bits per heavy atom. The molecule has 1 unspecified atom stereocenters. The van der Waals surface area contributed by atoms with Crippen molar-refractivity contribution in [2.75, 3.05) is 19.0 Å². The van der Waals surface area contributed by atoms with Crippen LogP contribution in [0.3, 0.4) is 0 Å². The summed E-state index contributed by atoms with van der Waals surface area (Å²) < 4.78 is 19.7. The lowest BCUT2D eigenvalue weighted by Gasteiger charge is -2.17. The molecule has 2 heterocycles. The van der Waals surface area contributed by atoms with Crippen molar-refractivity contribution in [1.82, 2.24) is 15.0 Å². The quantitative estimate of drug-likeness (QED) is 0.282. The number of hydrogen-bond acceptors (Lipinski definition) is 6. The second kappa shape index (κ2) is 11.0. The van der Waals surface area contributed by atoms with Crippen molar-refractivity contribution in [3.05, 3.63) is 103 Å². The van der Waals surface area contributed by atoms with Crippen LogP contribution in [-0.2, 0) is 11.2 Å². The fraction of sp³-hybridized carbons (Fsp3) is 0.133. The van der Waals surface area contributed by atoms with Gasteiger partial charge in [0.25, 0.3) is 0 Å². The van der Waals surface area contributed by atoms with Gasteiger partial charge in [0.15, 0.2) is 5.82 Å². The van der Waals surface area contributed by atoms with Gasteiger partial charge in [-0.2, -0.15) is 0 Å². The van der Waals surface area contributed by atoms with Crippen molar-refractivity contribution in [2.24, 2.45) is 11.7 Å². The SMILES string of the molecule is COc1cccc(-c2ccc3nc(-c4cccnc4)nc(NCC(Cc4ccccc4F)C(N)=O)c3c2)c1. The number of halogens is 1. The maximum Gasteiger partial charge on any atom is 0.222 e. The number of rotatable bonds is 9. The standard InChI is InChI=1S/C30H26FN5O2/c1-38-24-9-4-7-19(15-24)20-11-12-27-25(16-20)30(36-29(35-27)22-8-5-13-33-17-22)34-18-23(28(32)37)14-21-6-2-3-10-26(21)31/h2-13,15-17,23H,14,18H2,1H3,(H2,32,37)(H,34,35,36). The zero-order valence-corrected chi connectivity index (χ0v) is 20.8. The molecule has 1 amide bonds. The van der Waals surface area contributed by atoms with Crippen LogP contribution in [0.15, 0.2) is 91.3 Å². The lowest BCUT2D eigenvalue weighted by Crippen LogP contribution is -2.31. The highest BCUT2D eigenvalue weighted by atomic mass is 19.1. The monoisotopic (exact) mass is 507 g/mol. The van der Waals surface area contributed by atoms with Crippen LogP contribution < -0.4 is 15.8 Å². The fourth-order valence-corrected chi connectivity index (χ4v) is 4.29. The normalized spacial score (nSPS) is 11.7. The van der Waals surface area contributed by atoms with E-state index in [-0.39, 0.29) is 18.8 Å². The molecule has 3 aromatic carbocycles. The van der Waals surface area contributed by atoms with Crippen LogP contribution in [0.2, 0.25) is 0 Å². The Kier molecular flexibility index (Phi) is 7.21. The number of nitrogens with two attached hydrogens (primary N) is 1. The van der Waals surface area contributed by atoms with Crippen LogP contribution in [0.25, 0.3) is 33.4 Å². The third kappa shape index (κ3) is 5.44. The van der Waals surface area contributed by atoms with E-state index in [0.29, 0.717) is 17.2 Å². The highest BCUT2D eigenvalue weighted by Crippen LogP contribution is 2.31. The summed E-state index contributed by atoms with van der Waals surface area (Å²) in [6, 6.07) is 23.8. The van der Waals surface area contributed by atoms with Crippen molar-refractivity contribution < 1.29 is 13.9 Å². The molecule has 5 aromatic rings. The summed E-state index contributed by atoms with van der Waals surface area (Å²) in [6.07, 6.45) is 3.55. The second-order valence-electron chi connectivity index (χ2n) is 8.88. The number of ether oxygens (including phenoxy) is 1. The number of carbonyl (C=O) groups is 1. The summed E-state index contributed by atoms with van der Waals surface area (Å²) in [6.45, 7) is 0.172. The zero-order chi connectivity index (χ0) is 26.5. The molecule has 0 saturated heterocycles. The highest BCUT2D eigenvalue weighted by Gasteiger charge is 2.19. The van der Waals surface area contributed by atoms with Gasteiger partial charge in [-0.3, -0.25) is 9.78 Å². The summed E-state index contributed by atoms with van der Waals surface area (Å²) in [5.41, 5.74) is 9.54. The lowest BCUT2D eigenvalue weighted by atomic mass is 9.98. The van der Waals surface area contributed by atoms with Gasteiger partial charge in [0, 0.05) is 29.9 Å². The summed E-state index contributed by atoms with van der Waals surface area (Å²) in [5, 5.41) is 4.07. The van der Waals surface area contributed by atoms with Gasteiger partial charge in [0.2, 0.25) is 5.91 Å². The van der Waals surface area contributed by atoms with Crippen molar-refractivity contribution in [2.45, 2.75) is 6.42 Å². The van der Waals surface area contributed by atoms with E-state index in [0.717, 1.165) is 33.3 Å². The minimum Gasteiger partial charge on any atom is -0.497 e. The summed E-state index contributed by atoms with van der Waals surface area (Å²) in [7, 11) is 1.63. The Balaban J connectivity index is 1.54. The molecular weight excluding hydrogens is 481 g/mol. The van der Waals surface area contributed by atoms with E-state index in [4.69, 9.17) is 20.4 Å². The average molecular weight is 508 g/mol. The van der Waals surface area contributed by atoms with E-state index >= 15 is 0 Å². The highest BCUT2D eigenvalue weighted by molar-refractivity contribution is 5.94. The van der Waals surface area contributed by atoms with E-state index in [9.17, 15) is 9.18 Å². The van der Waals surface area contributed by atoms with E-state index in [2.05, 4.69) is 10.3 Å². The van der Waals surface area contributed by atoms with E-state index in [1.54, 1.807) is 37.7 Å². The van der Waals surface area contributed by atoms with E-state index < -0.39 is 11.8 Å². The Labute approximate surface area is 219 Å². The molecule has 0 bridgehead atoms. The predicted octanol–water partition coefficient (Wildman–Crippen LogP) is 5.26. The molecule has 0 spiro atoms. The van der Waals surface area contributed by atoms with Crippen molar-refractivity contribution >= 4 is 22.6 Å². The first kappa shape index (κ1) is 24.8. The van der Waals surface area contributed by atoms with Crippen LogP contribution in [0.5, 0.6) is 5.75 Å². The molecule has 0 radical (unpaired) electrons. The predicted molar refractivity (Wildman–Crippen MR) is 146 cm³/mol. The largest absolute Gasteiger partial charge is 0.497 e. The van der Waals surface area contributed by atoms with Gasteiger partial charge < -0.3 is 15.8 Å². The number of methoxy groups -OCH3 is 1. The molecule has 0 fully saturated rings. The molecule has 2 aromatic heterocycles. The van der Waals surface area contributed by atoms with Gasteiger partial charge in [0.1, 0.15) is 17.4 Å². The second-order valence-corrected chi connectivity index (χ2v) is 8.88. The number of aromatic nitrogens is 3. The third-order valence-electron chi connectivity index (χ3n) is 6.36. The molecule has 3 N–H and O–H groups in total. The molecule has 1 atom stereocenters. The molecule has 8 heteroatoms. The fourth-order valence-electron chi connectivity index (χ4n) is 4.29. The van der Waals surface area contributed by atoms with E-state index in [1.165, 1.54) is 6.07 Å². The smallest absolute Gasteiger partial charge is 0.222 e. The molecule has 0 aliphatic rings. The van der Waals surface area contributed by atoms with Crippen molar-refractivity contribution in [3.63, 3.8) is 0 Å². The minimum atomic E-state index is -0.652. The first-order chi connectivity index (χ1) is 18.5. The van der Waals surface area contributed by atoms with Crippen LogP contribution in [0, 0.1) is 11.7 Å². The van der Waals surface area contributed by atoms with Gasteiger partial charge >= 0.3 is 0 Å². The first-order valence-corrected chi connectivity index (χ1v) is 12.1. The molecule has 0 aliphatic carbocycles. The first-order valence-electron chi connectivity index (χ1n) is 12.1. The number of benzene rings is 3. The Hall–Kier alpha value is -4.85. The number of primary amides is 1. The minimum absolute atomic E-state index is 0.169. The molecule has 190 valence electrons. The Morgan fingerprint density at radius 2 is 1.79 bits per heavy atom. The number of nitrogens with one attached hydrogen (secondary N) is 1. The lowest BCUT2D eigenvalue weighted by molar-refractivity contribution is -0.121. The van der Waals surface area contributed by atoms with Crippen LogP contribution in [0.1, 0.15) is 5.56 Å². The molecule has 5 rings (SSSR count). The van der Waals surface area contributed by atoms with Crippen molar-refractivity contribution in [3.8, 4) is 28.3 Å². The van der Waals surface area contributed by atoms with Crippen LogP contribution in [0.4, 0.5) is 10.2 Å². The molecule has 0 aliphatic heterocycles. The number of carbonyl (C=O) groups excluding carboxylic acids is 1. The van der Waals surface area contributed by atoms with Crippen molar-refractivity contribution in [1.29, 1.82) is 0 Å². The summed E-state index contributed by atoms with van der Waals surface area (Å²) in [5.74, 6) is 0.240. The maximum atomic E-state index is 14.3. The molecule has 38 heavy (non-hydrogen) atoms. The summed E-state index contributed by atoms with van der Waals surface area (Å²) in [4.78, 5) is 26.0. The van der Waals surface area contributed by atoms with Crippen LogP contribution >= 0.6 is 0 Å². The number of fused-ring (bicyclic) bond motifs is 1. The maximum absolute atomic E-state index is 14.3. The van der Waals surface area contributed by atoms with Gasteiger partial charge in [-0.25, -0.2) is 14.4 Å². The third-order valence-corrected chi connectivity index (χ3v) is 6.36. The Morgan fingerprint density at radius 1 is 0.974 bits per heavy atom. The Bertz CT molecular complexity index is 1590. The molecular formula is C30H26FN5O2. The number of hydrogen-bond donors (Lipinski definition) is 2. The van der Waals surface area contributed by atoms with Gasteiger partial charge in [-0.15, -0.1) is 0 Å². The van der Waals surface area contributed by atoms with Gasteiger partial charge in [0.05, 0.1) is 18.5 Å². The number of pyridine rings is 1. The van der Waals surface area contributed by atoms with Crippen LogP contribution in [-0.4, -0.2) is 34.5 Å². The number of nitrogens with zero attached hydrogens (tertiary/aromatic N) is 3. The number of amides is 1. The topological polar surface area (TPSA) is 103 Å². The molecule has 0 saturated carbocycles. The zero-order valence-electron chi connectivity index (χ0n) is 20.8. The average Bonchev–Trinajstić information content (AvgIpc) is 2.96.